The molecular weight excluding hydrogens is 322 g/mol. The van der Waals surface area contributed by atoms with Gasteiger partial charge in [0.05, 0.1) is 0 Å². The predicted octanol–water partition coefficient (Wildman–Crippen LogP) is 5.09. The topological polar surface area (TPSA) is 53.9 Å². The smallest absolute Gasteiger partial charge is 0.234 e. The van der Waals surface area contributed by atoms with E-state index in [0.717, 1.165) is 29.9 Å². The summed E-state index contributed by atoms with van der Waals surface area (Å²) in [6, 6.07) is 16.5. The minimum Gasteiger partial charge on any atom is -0.324 e. The van der Waals surface area contributed by atoms with Gasteiger partial charge in [0, 0.05) is 17.9 Å². The first-order valence-corrected chi connectivity index (χ1v) is 8.96. The van der Waals surface area contributed by atoms with E-state index in [2.05, 4.69) is 76.3 Å². The number of hydrogen-bond donors (Lipinski definition) is 1. The lowest BCUT2D eigenvalue weighted by atomic mass is 10.1. The second-order valence-corrected chi connectivity index (χ2v) is 6.44. The molecule has 1 N–H and O–H groups in total. The van der Waals surface area contributed by atoms with Crippen molar-refractivity contribution in [1.29, 1.82) is 0 Å². The van der Waals surface area contributed by atoms with Crippen LogP contribution in [0, 0.1) is 20.8 Å². The van der Waals surface area contributed by atoms with E-state index in [4.69, 9.17) is 0 Å². The molecule has 0 bridgehead atoms. The molecule has 2 aromatic carbocycles. The number of hydrogen-bond acceptors (Lipinski definition) is 5. The lowest BCUT2D eigenvalue weighted by molar-refractivity contribution is 0.835. The number of nitrogens with one attached hydrogen (secondary N) is 1. The van der Waals surface area contributed by atoms with Crippen LogP contribution in [0.3, 0.4) is 0 Å². The first kappa shape index (κ1) is 17.9. The minimum atomic E-state index is 0.566. The Morgan fingerprint density at radius 2 is 1.69 bits per heavy atom. The molecule has 5 nitrogen and oxygen atoms in total. The van der Waals surface area contributed by atoms with Crippen LogP contribution in [0.2, 0.25) is 0 Å². The second kappa shape index (κ2) is 7.95. The molecule has 0 aliphatic heterocycles. The standard InChI is InChI=1S/C21H25N5/c1-5-13-26(18-9-7-6-8-10-18)21-23-17(4)22-20(25-21)24-19-12-11-15(2)14-16(19)3/h6-12,14H,5,13H2,1-4H3,(H,22,23,24,25). The average Bonchev–Trinajstić information content (AvgIpc) is 2.62. The van der Waals surface area contributed by atoms with Crippen LogP contribution in [0.5, 0.6) is 0 Å². The molecule has 0 unspecified atom stereocenters. The lowest BCUT2D eigenvalue weighted by Gasteiger charge is -2.22. The van der Waals surface area contributed by atoms with Crippen molar-refractivity contribution >= 4 is 23.3 Å². The first-order valence-electron chi connectivity index (χ1n) is 8.96. The Labute approximate surface area is 155 Å². The van der Waals surface area contributed by atoms with Crippen LogP contribution in [0.1, 0.15) is 30.3 Å². The van der Waals surface area contributed by atoms with Crippen molar-refractivity contribution in [2.75, 3.05) is 16.8 Å². The quantitative estimate of drug-likeness (QED) is 0.673. The number of benzene rings is 2. The summed E-state index contributed by atoms with van der Waals surface area (Å²) in [7, 11) is 0. The van der Waals surface area contributed by atoms with Gasteiger partial charge in [-0.25, -0.2) is 0 Å². The van der Waals surface area contributed by atoms with Crippen molar-refractivity contribution in [3.8, 4) is 0 Å². The molecule has 134 valence electrons. The van der Waals surface area contributed by atoms with E-state index in [0.29, 0.717) is 17.7 Å². The number of aryl methyl sites for hydroxylation is 3. The number of anilines is 4. The Bertz CT molecular complexity index is 877. The largest absolute Gasteiger partial charge is 0.324 e. The van der Waals surface area contributed by atoms with Gasteiger partial charge in [0.15, 0.2) is 0 Å². The monoisotopic (exact) mass is 347 g/mol. The van der Waals surface area contributed by atoms with Crippen molar-refractivity contribution in [1.82, 2.24) is 15.0 Å². The van der Waals surface area contributed by atoms with Crippen LogP contribution >= 0.6 is 0 Å². The molecule has 3 aromatic rings. The molecular formula is C21H25N5. The molecule has 1 heterocycles. The summed E-state index contributed by atoms with van der Waals surface area (Å²) in [4.78, 5) is 15.8. The molecule has 0 atom stereocenters. The normalized spacial score (nSPS) is 10.6. The minimum absolute atomic E-state index is 0.566. The third-order valence-electron chi connectivity index (χ3n) is 4.12. The summed E-state index contributed by atoms with van der Waals surface area (Å²) in [6.45, 7) is 9.06. The summed E-state index contributed by atoms with van der Waals surface area (Å²) in [6.07, 6.45) is 0.999. The van der Waals surface area contributed by atoms with Crippen molar-refractivity contribution in [3.63, 3.8) is 0 Å². The summed E-state index contributed by atoms with van der Waals surface area (Å²) in [5.41, 5.74) is 4.49. The van der Waals surface area contributed by atoms with Gasteiger partial charge in [-0.2, -0.15) is 15.0 Å². The molecule has 0 radical (unpaired) electrons. The van der Waals surface area contributed by atoms with Gasteiger partial charge in [-0.1, -0.05) is 42.8 Å². The lowest BCUT2D eigenvalue weighted by Crippen LogP contribution is -2.21. The zero-order chi connectivity index (χ0) is 18.5. The number of para-hydroxylation sites is 1. The molecule has 0 saturated heterocycles. The van der Waals surface area contributed by atoms with Crippen LogP contribution in [-0.4, -0.2) is 21.5 Å². The first-order chi connectivity index (χ1) is 12.6. The van der Waals surface area contributed by atoms with Crippen LogP contribution in [0.15, 0.2) is 48.5 Å². The highest BCUT2D eigenvalue weighted by atomic mass is 15.3. The van der Waals surface area contributed by atoms with E-state index in [9.17, 15) is 0 Å². The number of aromatic nitrogens is 3. The molecule has 0 spiro atoms. The van der Waals surface area contributed by atoms with E-state index < -0.39 is 0 Å². The number of rotatable bonds is 6. The fourth-order valence-electron chi connectivity index (χ4n) is 2.89. The van der Waals surface area contributed by atoms with Crippen molar-refractivity contribution in [3.05, 3.63) is 65.5 Å². The molecule has 0 aliphatic rings. The molecule has 5 heteroatoms. The summed E-state index contributed by atoms with van der Waals surface area (Å²) >= 11 is 0. The Kier molecular flexibility index (Phi) is 5.46. The summed E-state index contributed by atoms with van der Waals surface area (Å²) in [5, 5.41) is 3.34. The second-order valence-electron chi connectivity index (χ2n) is 6.44. The van der Waals surface area contributed by atoms with Gasteiger partial charge in [0.25, 0.3) is 0 Å². The van der Waals surface area contributed by atoms with Gasteiger partial charge in [0.2, 0.25) is 11.9 Å². The van der Waals surface area contributed by atoms with Crippen LogP contribution in [-0.2, 0) is 0 Å². The van der Waals surface area contributed by atoms with E-state index in [-0.39, 0.29) is 0 Å². The van der Waals surface area contributed by atoms with Crippen LogP contribution in [0.25, 0.3) is 0 Å². The summed E-state index contributed by atoms with van der Waals surface area (Å²) < 4.78 is 0. The fraction of sp³-hybridized carbons (Fsp3) is 0.286. The maximum absolute atomic E-state index is 4.68. The Balaban J connectivity index is 1.95. The van der Waals surface area contributed by atoms with Gasteiger partial charge in [-0.3, -0.25) is 0 Å². The molecule has 0 saturated carbocycles. The van der Waals surface area contributed by atoms with Crippen LogP contribution < -0.4 is 10.2 Å². The zero-order valence-electron chi connectivity index (χ0n) is 15.8. The fourth-order valence-corrected chi connectivity index (χ4v) is 2.89. The molecule has 0 fully saturated rings. The SMILES string of the molecule is CCCN(c1ccccc1)c1nc(C)nc(Nc2ccc(C)cc2C)n1. The highest BCUT2D eigenvalue weighted by Crippen LogP contribution is 2.25. The Morgan fingerprint density at radius 3 is 2.38 bits per heavy atom. The third-order valence-corrected chi connectivity index (χ3v) is 4.12. The van der Waals surface area contributed by atoms with Crippen molar-refractivity contribution in [2.24, 2.45) is 0 Å². The molecule has 3 rings (SSSR count). The van der Waals surface area contributed by atoms with E-state index >= 15 is 0 Å². The maximum Gasteiger partial charge on any atom is 0.234 e. The molecule has 0 amide bonds. The maximum atomic E-state index is 4.68. The number of nitrogens with zero attached hydrogens (tertiary/aromatic N) is 4. The molecule has 0 aliphatic carbocycles. The van der Waals surface area contributed by atoms with E-state index in [1.807, 2.05) is 25.1 Å². The van der Waals surface area contributed by atoms with E-state index in [1.54, 1.807) is 0 Å². The third kappa shape index (κ3) is 4.17. The van der Waals surface area contributed by atoms with Crippen LogP contribution in [0.4, 0.5) is 23.3 Å². The van der Waals surface area contributed by atoms with Gasteiger partial charge in [0.1, 0.15) is 5.82 Å². The highest BCUT2D eigenvalue weighted by Gasteiger charge is 2.14. The highest BCUT2D eigenvalue weighted by molar-refractivity contribution is 5.62. The zero-order valence-corrected chi connectivity index (χ0v) is 15.8. The van der Waals surface area contributed by atoms with Crippen molar-refractivity contribution in [2.45, 2.75) is 34.1 Å². The summed E-state index contributed by atoms with van der Waals surface area (Å²) in [5.74, 6) is 1.92. The van der Waals surface area contributed by atoms with E-state index in [1.165, 1.54) is 5.56 Å². The average molecular weight is 347 g/mol. The van der Waals surface area contributed by atoms with Crippen molar-refractivity contribution < 1.29 is 0 Å². The Morgan fingerprint density at radius 1 is 0.923 bits per heavy atom. The van der Waals surface area contributed by atoms with Gasteiger partial charge < -0.3 is 10.2 Å². The Hall–Kier alpha value is -2.95. The van der Waals surface area contributed by atoms with Gasteiger partial charge in [-0.05, 0) is 51.0 Å². The van der Waals surface area contributed by atoms with Gasteiger partial charge in [-0.15, -0.1) is 0 Å². The predicted molar refractivity (Wildman–Crippen MR) is 108 cm³/mol. The molecule has 1 aromatic heterocycles. The van der Waals surface area contributed by atoms with Gasteiger partial charge >= 0.3 is 0 Å². The molecule has 26 heavy (non-hydrogen) atoms.